The van der Waals surface area contributed by atoms with Crippen molar-refractivity contribution in [2.24, 2.45) is 0 Å². The summed E-state index contributed by atoms with van der Waals surface area (Å²) in [7, 11) is 3.25. The van der Waals surface area contributed by atoms with E-state index in [1.54, 1.807) is 11.3 Å². The number of likely N-dealkylation sites (tertiary alicyclic amines) is 1. The van der Waals surface area contributed by atoms with Crippen LogP contribution in [-0.2, 0) is 9.47 Å². The predicted octanol–water partition coefficient (Wildman–Crippen LogP) is 4.07. The first-order valence-corrected chi connectivity index (χ1v) is 11.0. The highest BCUT2D eigenvalue weighted by Crippen LogP contribution is 2.42. The third-order valence-electron chi connectivity index (χ3n) is 5.90. The summed E-state index contributed by atoms with van der Waals surface area (Å²) in [5.74, 6) is -0.262. The van der Waals surface area contributed by atoms with Crippen LogP contribution in [0.3, 0.4) is 0 Å². The molecule has 3 rings (SSSR count). The quantitative estimate of drug-likeness (QED) is 0.618. The van der Waals surface area contributed by atoms with Crippen molar-refractivity contribution >= 4 is 38.2 Å². The lowest BCUT2D eigenvalue weighted by atomic mass is 9.87. The molecule has 26 heavy (non-hydrogen) atoms. The van der Waals surface area contributed by atoms with Gasteiger partial charge in [-0.2, -0.15) is 0 Å². The Kier molecular flexibility index (Phi) is 6.64. The molecule has 0 spiro atoms. The van der Waals surface area contributed by atoms with Crippen molar-refractivity contribution in [1.29, 1.82) is 0 Å². The minimum Gasteiger partial charge on any atom is -0.465 e. The zero-order chi connectivity index (χ0) is 18.8. The third-order valence-corrected chi connectivity index (χ3v) is 7.90. The van der Waals surface area contributed by atoms with Crippen LogP contribution in [0, 0.1) is 6.92 Å². The molecule has 2 aliphatic rings. The van der Waals surface area contributed by atoms with Crippen LogP contribution in [0.2, 0.25) is 0 Å². The lowest BCUT2D eigenvalue weighted by Crippen LogP contribution is -2.57. The second-order valence-electron chi connectivity index (χ2n) is 7.23. The van der Waals surface area contributed by atoms with Crippen molar-refractivity contribution in [3.05, 3.63) is 14.9 Å². The molecule has 1 aliphatic carbocycles. The molecule has 0 aromatic carbocycles. The van der Waals surface area contributed by atoms with Gasteiger partial charge in [0.15, 0.2) is 0 Å². The molecule has 146 valence electrons. The summed E-state index contributed by atoms with van der Waals surface area (Å²) in [6, 6.07) is 1.25. The summed E-state index contributed by atoms with van der Waals surface area (Å²) in [4.78, 5) is 17.1. The van der Waals surface area contributed by atoms with Crippen LogP contribution in [0.1, 0.15) is 48.5 Å². The van der Waals surface area contributed by atoms with Crippen molar-refractivity contribution in [2.75, 3.05) is 38.8 Å². The lowest BCUT2D eigenvalue weighted by molar-refractivity contribution is -0.0578. The fraction of sp³-hybridized carbons (Fsp3) is 0.737. The van der Waals surface area contributed by atoms with Crippen LogP contribution >= 0.6 is 27.3 Å². The molecule has 0 bridgehead atoms. The summed E-state index contributed by atoms with van der Waals surface area (Å²) < 4.78 is 11.2. The van der Waals surface area contributed by atoms with E-state index in [1.807, 2.05) is 14.0 Å². The number of carbonyl (C=O) groups excluding carboxylic acids is 1. The van der Waals surface area contributed by atoms with Crippen LogP contribution in [0.4, 0.5) is 5.00 Å². The molecule has 1 aliphatic heterocycles. The van der Waals surface area contributed by atoms with Gasteiger partial charge in [-0.1, -0.05) is 0 Å². The maximum Gasteiger partial charge on any atom is 0.340 e. The first-order valence-electron chi connectivity index (χ1n) is 9.40. The first-order chi connectivity index (χ1) is 12.5. The van der Waals surface area contributed by atoms with E-state index in [0.29, 0.717) is 23.8 Å². The number of nitrogens with zero attached hydrogens (tertiary/aromatic N) is 2. The number of carbonyl (C=O) groups is 1. The van der Waals surface area contributed by atoms with Crippen molar-refractivity contribution in [2.45, 2.75) is 57.7 Å². The molecule has 0 radical (unpaired) electrons. The van der Waals surface area contributed by atoms with Gasteiger partial charge in [0.2, 0.25) is 0 Å². The average molecular weight is 445 g/mol. The molecule has 0 atom stereocenters. The molecular formula is C19H29BrN2O3S. The fourth-order valence-corrected chi connectivity index (χ4v) is 6.37. The highest BCUT2D eigenvalue weighted by atomic mass is 79.9. The topological polar surface area (TPSA) is 42.0 Å². The van der Waals surface area contributed by atoms with Crippen LogP contribution in [0.15, 0.2) is 3.79 Å². The largest absolute Gasteiger partial charge is 0.465 e. The maximum atomic E-state index is 12.1. The van der Waals surface area contributed by atoms with Gasteiger partial charge in [-0.15, -0.1) is 11.3 Å². The minimum absolute atomic E-state index is 0.262. The predicted molar refractivity (Wildman–Crippen MR) is 110 cm³/mol. The maximum absolute atomic E-state index is 12.1. The fourth-order valence-electron chi connectivity index (χ4n) is 4.30. The lowest BCUT2D eigenvalue weighted by Gasteiger charge is -2.47. The van der Waals surface area contributed by atoms with Crippen LogP contribution in [-0.4, -0.2) is 62.9 Å². The number of anilines is 1. The van der Waals surface area contributed by atoms with E-state index >= 15 is 0 Å². The summed E-state index contributed by atoms with van der Waals surface area (Å²) >= 11 is 5.21. The second kappa shape index (κ2) is 8.59. The summed E-state index contributed by atoms with van der Waals surface area (Å²) in [6.45, 7) is 7.36. The normalized spacial score (nSPS) is 24.3. The van der Waals surface area contributed by atoms with Gasteiger partial charge in [0.1, 0.15) is 0 Å². The van der Waals surface area contributed by atoms with Crippen molar-refractivity contribution < 1.29 is 14.3 Å². The molecule has 0 unspecified atom stereocenters. The van der Waals surface area contributed by atoms with E-state index in [0.717, 1.165) is 29.0 Å². The number of methoxy groups -OCH3 is 2. The van der Waals surface area contributed by atoms with Gasteiger partial charge in [0, 0.05) is 38.8 Å². The average Bonchev–Trinajstić information content (AvgIpc) is 2.90. The molecule has 1 saturated heterocycles. The van der Waals surface area contributed by atoms with Gasteiger partial charge >= 0.3 is 5.97 Å². The van der Waals surface area contributed by atoms with Gasteiger partial charge < -0.3 is 14.4 Å². The van der Waals surface area contributed by atoms with Crippen LogP contribution in [0.5, 0.6) is 0 Å². The van der Waals surface area contributed by atoms with Gasteiger partial charge in [0.05, 0.1) is 27.6 Å². The molecule has 7 heteroatoms. The Morgan fingerprint density at radius 3 is 2.46 bits per heavy atom. The number of thiophene rings is 1. The Hall–Kier alpha value is -0.630. The first kappa shape index (κ1) is 20.1. The van der Waals surface area contributed by atoms with Crippen molar-refractivity contribution in [1.82, 2.24) is 4.90 Å². The van der Waals surface area contributed by atoms with Gasteiger partial charge in [-0.05, 0) is 61.0 Å². The number of halogens is 1. The number of esters is 1. The molecule has 5 nitrogen and oxygen atoms in total. The molecule has 0 N–H and O–H groups in total. The van der Waals surface area contributed by atoms with E-state index in [1.165, 1.54) is 37.8 Å². The number of hydrogen-bond donors (Lipinski definition) is 0. The Balaban J connectivity index is 1.66. The van der Waals surface area contributed by atoms with E-state index < -0.39 is 0 Å². The summed E-state index contributed by atoms with van der Waals surface area (Å²) in [5, 5.41) is 1.20. The van der Waals surface area contributed by atoms with Gasteiger partial charge in [0.25, 0.3) is 0 Å². The zero-order valence-electron chi connectivity index (χ0n) is 16.1. The number of rotatable bonds is 6. The summed E-state index contributed by atoms with van der Waals surface area (Å²) in [5.41, 5.74) is 1.70. The van der Waals surface area contributed by atoms with Gasteiger partial charge in [-0.3, -0.25) is 4.90 Å². The Bertz CT molecular complexity index is 637. The highest BCUT2D eigenvalue weighted by Gasteiger charge is 2.36. The molecule has 2 fully saturated rings. The van der Waals surface area contributed by atoms with Crippen molar-refractivity contribution in [3.63, 3.8) is 0 Å². The Morgan fingerprint density at radius 2 is 1.92 bits per heavy atom. The molecule has 0 amide bonds. The van der Waals surface area contributed by atoms with Crippen LogP contribution in [0.25, 0.3) is 0 Å². The highest BCUT2D eigenvalue weighted by molar-refractivity contribution is 9.11. The minimum atomic E-state index is -0.262. The van der Waals surface area contributed by atoms with E-state index in [2.05, 4.69) is 32.7 Å². The number of hydrogen-bond acceptors (Lipinski definition) is 6. The van der Waals surface area contributed by atoms with E-state index in [4.69, 9.17) is 9.47 Å². The Labute approximate surface area is 168 Å². The zero-order valence-corrected chi connectivity index (χ0v) is 18.5. The van der Waals surface area contributed by atoms with E-state index in [-0.39, 0.29) is 5.97 Å². The van der Waals surface area contributed by atoms with Crippen molar-refractivity contribution in [3.8, 4) is 0 Å². The molecule has 2 heterocycles. The second-order valence-corrected chi connectivity index (χ2v) is 9.55. The molecule has 1 aromatic heterocycles. The van der Waals surface area contributed by atoms with E-state index in [9.17, 15) is 4.79 Å². The third kappa shape index (κ3) is 3.81. The SMILES string of the molecule is CCN(c1sc(Br)c(C(=O)OC)c1C)[C@H]1CC[C@H](N2CC(OC)C2)CC1. The van der Waals surface area contributed by atoms with Crippen LogP contribution < -0.4 is 4.90 Å². The molecule has 1 aromatic rings. The summed E-state index contributed by atoms with van der Waals surface area (Å²) in [6.07, 6.45) is 5.33. The van der Waals surface area contributed by atoms with Gasteiger partial charge in [-0.25, -0.2) is 4.79 Å². The Morgan fingerprint density at radius 1 is 1.27 bits per heavy atom. The smallest absolute Gasteiger partial charge is 0.340 e. The molecule has 1 saturated carbocycles. The molecular weight excluding hydrogens is 416 g/mol. The number of ether oxygens (including phenoxy) is 2. The monoisotopic (exact) mass is 444 g/mol. The standard InChI is InChI=1S/C19H29BrN2O3S/c1-5-22(18-12(2)16(17(20)26-18)19(23)25-4)14-8-6-13(7-9-14)21-10-15(11-21)24-3/h13-15H,5-11H2,1-4H3/t13-,14-.